The van der Waals surface area contributed by atoms with Gasteiger partial charge in [-0.25, -0.2) is 9.67 Å². The van der Waals surface area contributed by atoms with E-state index in [1.807, 2.05) is 30.3 Å². The average Bonchev–Trinajstić information content (AvgIpc) is 3.43. The zero-order chi connectivity index (χ0) is 22.5. The molecule has 2 aromatic heterocycles. The molecule has 0 bridgehead atoms. The monoisotopic (exact) mass is 433 g/mol. The van der Waals surface area contributed by atoms with Crippen molar-refractivity contribution in [3.63, 3.8) is 0 Å². The number of nitro benzene ring substituents is 1. The molecule has 32 heavy (non-hydrogen) atoms. The van der Waals surface area contributed by atoms with Crippen LogP contribution < -0.4 is 10.1 Å². The molecule has 0 saturated heterocycles. The van der Waals surface area contributed by atoms with Crippen LogP contribution in [0.2, 0.25) is 0 Å². The number of carbonyl (C=O) groups excluding carboxylic acids is 1. The first-order valence-electron chi connectivity index (χ1n) is 9.69. The van der Waals surface area contributed by atoms with E-state index < -0.39 is 10.8 Å². The molecule has 2 heterocycles. The van der Waals surface area contributed by atoms with E-state index in [-0.39, 0.29) is 29.8 Å². The van der Waals surface area contributed by atoms with Gasteiger partial charge in [0.25, 0.3) is 5.91 Å². The van der Waals surface area contributed by atoms with Crippen LogP contribution in [0.25, 0.3) is 0 Å². The number of amides is 1. The lowest BCUT2D eigenvalue weighted by Crippen LogP contribution is -2.12. The molecule has 10 heteroatoms. The lowest BCUT2D eigenvalue weighted by molar-refractivity contribution is -0.386. The van der Waals surface area contributed by atoms with Gasteiger partial charge in [-0.3, -0.25) is 20.2 Å². The summed E-state index contributed by atoms with van der Waals surface area (Å²) in [5.74, 6) is 0.135. The fourth-order valence-electron chi connectivity index (χ4n) is 2.98. The van der Waals surface area contributed by atoms with Gasteiger partial charge in [0.1, 0.15) is 18.7 Å². The predicted molar refractivity (Wildman–Crippen MR) is 114 cm³/mol. The summed E-state index contributed by atoms with van der Waals surface area (Å²) in [6.45, 7) is 2.21. The molecule has 1 amide bonds. The summed E-state index contributed by atoms with van der Waals surface area (Å²) in [6.07, 6.45) is 1.53. The molecule has 0 aliphatic heterocycles. The Kier molecular flexibility index (Phi) is 5.93. The van der Waals surface area contributed by atoms with Gasteiger partial charge in [0.2, 0.25) is 5.95 Å². The summed E-state index contributed by atoms with van der Waals surface area (Å²) in [6, 6.07) is 17.5. The average molecular weight is 433 g/mol. The Hall–Kier alpha value is -4.47. The van der Waals surface area contributed by atoms with Gasteiger partial charge in [0, 0.05) is 6.07 Å². The molecule has 0 atom stereocenters. The predicted octanol–water partition coefficient (Wildman–Crippen LogP) is 3.97. The summed E-state index contributed by atoms with van der Waals surface area (Å²) in [5.41, 5.74) is 1.67. The van der Waals surface area contributed by atoms with E-state index in [4.69, 9.17) is 9.15 Å². The molecule has 0 unspecified atom stereocenters. The number of hydrogen-bond acceptors (Lipinski definition) is 7. The number of nitro groups is 1. The van der Waals surface area contributed by atoms with Crippen LogP contribution in [0.4, 0.5) is 11.6 Å². The van der Waals surface area contributed by atoms with Gasteiger partial charge in [-0.1, -0.05) is 36.4 Å². The molecular weight excluding hydrogens is 414 g/mol. The van der Waals surface area contributed by atoms with Crippen LogP contribution in [0.1, 0.15) is 27.4 Å². The Morgan fingerprint density at radius 2 is 2.00 bits per heavy atom. The van der Waals surface area contributed by atoms with Crippen molar-refractivity contribution in [2.45, 2.75) is 20.1 Å². The number of aromatic nitrogens is 3. The highest BCUT2D eigenvalue weighted by atomic mass is 16.6. The topological polar surface area (TPSA) is 125 Å². The molecule has 0 radical (unpaired) electrons. The first-order valence-corrected chi connectivity index (χ1v) is 9.69. The van der Waals surface area contributed by atoms with Crippen molar-refractivity contribution in [3.8, 4) is 5.75 Å². The lowest BCUT2D eigenvalue weighted by Gasteiger charge is -2.05. The molecule has 162 valence electrons. The Morgan fingerprint density at radius 1 is 1.19 bits per heavy atom. The third kappa shape index (κ3) is 4.98. The van der Waals surface area contributed by atoms with Crippen molar-refractivity contribution in [2.24, 2.45) is 0 Å². The van der Waals surface area contributed by atoms with Crippen molar-refractivity contribution in [1.29, 1.82) is 0 Å². The second-order valence-electron chi connectivity index (χ2n) is 6.99. The third-order valence-corrected chi connectivity index (χ3v) is 4.52. The molecule has 0 spiro atoms. The van der Waals surface area contributed by atoms with Gasteiger partial charge in [0.05, 0.1) is 11.5 Å². The third-order valence-electron chi connectivity index (χ3n) is 4.52. The Balaban J connectivity index is 1.36. The van der Waals surface area contributed by atoms with Crippen LogP contribution in [-0.4, -0.2) is 25.6 Å². The van der Waals surface area contributed by atoms with Gasteiger partial charge < -0.3 is 9.15 Å². The maximum Gasteiger partial charge on any atom is 0.311 e. The fraction of sp³-hybridized carbons (Fsp3) is 0.136. The van der Waals surface area contributed by atoms with Gasteiger partial charge in [-0.15, -0.1) is 5.10 Å². The minimum Gasteiger partial charge on any atom is -0.479 e. The normalized spacial score (nSPS) is 10.7. The van der Waals surface area contributed by atoms with Crippen molar-refractivity contribution in [2.75, 3.05) is 5.32 Å². The molecule has 2 aromatic carbocycles. The standard InChI is InChI=1S/C22H19N5O5/c1-15-7-9-19(18(11-15)27(29)30)31-13-17-8-10-20(32-17)21(28)24-22-23-14-26(25-22)12-16-5-3-2-4-6-16/h2-11,14H,12-13H2,1H3,(H,24,25,28). The fourth-order valence-corrected chi connectivity index (χ4v) is 2.98. The zero-order valence-electron chi connectivity index (χ0n) is 17.1. The van der Waals surface area contributed by atoms with E-state index in [9.17, 15) is 14.9 Å². The zero-order valence-corrected chi connectivity index (χ0v) is 17.1. The Bertz CT molecular complexity index is 1250. The maximum atomic E-state index is 12.4. The summed E-state index contributed by atoms with van der Waals surface area (Å²) in [5, 5.41) is 18.0. The first kappa shape index (κ1) is 20.8. The second-order valence-corrected chi connectivity index (χ2v) is 6.99. The highest BCUT2D eigenvalue weighted by molar-refractivity contribution is 6.01. The molecule has 0 saturated carbocycles. The van der Waals surface area contributed by atoms with Gasteiger partial charge in [0.15, 0.2) is 11.5 Å². The van der Waals surface area contributed by atoms with Crippen LogP contribution in [0.15, 0.2) is 71.4 Å². The largest absolute Gasteiger partial charge is 0.479 e. The summed E-state index contributed by atoms with van der Waals surface area (Å²) in [4.78, 5) is 27.2. The number of ether oxygens (including phenoxy) is 1. The molecule has 4 aromatic rings. The minimum atomic E-state index is -0.518. The van der Waals surface area contributed by atoms with E-state index in [1.165, 1.54) is 24.5 Å². The molecule has 0 aliphatic carbocycles. The van der Waals surface area contributed by atoms with E-state index in [0.29, 0.717) is 12.3 Å². The molecule has 0 fully saturated rings. The first-order chi connectivity index (χ1) is 15.5. The van der Waals surface area contributed by atoms with E-state index in [2.05, 4.69) is 15.4 Å². The molecule has 0 aliphatic rings. The van der Waals surface area contributed by atoms with Crippen LogP contribution >= 0.6 is 0 Å². The second kappa shape index (κ2) is 9.13. The number of nitrogens with one attached hydrogen (secondary N) is 1. The highest BCUT2D eigenvalue weighted by Gasteiger charge is 2.17. The van der Waals surface area contributed by atoms with Gasteiger partial charge in [-0.05, 0) is 36.2 Å². The molecule has 4 rings (SSSR count). The Morgan fingerprint density at radius 3 is 2.78 bits per heavy atom. The lowest BCUT2D eigenvalue weighted by atomic mass is 10.2. The summed E-state index contributed by atoms with van der Waals surface area (Å²) in [7, 11) is 0. The maximum absolute atomic E-state index is 12.4. The number of rotatable bonds is 8. The van der Waals surface area contributed by atoms with Gasteiger partial charge >= 0.3 is 5.69 Å². The number of hydrogen-bond donors (Lipinski definition) is 1. The number of carbonyl (C=O) groups is 1. The van der Waals surface area contributed by atoms with Crippen LogP contribution in [-0.2, 0) is 13.2 Å². The van der Waals surface area contributed by atoms with Crippen molar-refractivity contribution in [1.82, 2.24) is 14.8 Å². The smallest absolute Gasteiger partial charge is 0.311 e. The van der Waals surface area contributed by atoms with E-state index in [1.54, 1.807) is 23.7 Å². The SMILES string of the molecule is Cc1ccc(OCc2ccc(C(=O)Nc3ncn(Cc4ccccc4)n3)o2)c([N+](=O)[O-])c1. The number of aryl methyl sites for hydroxylation is 1. The van der Waals surface area contributed by atoms with E-state index in [0.717, 1.165) is 11.1 Å². The van der Waals surface area contributed by atoms with Crippen LogP contribution in [0.5, 0.6) is 5.75 Å². The quantitative estimate of drug-likeness (QED) is 0.329. The number of nitrogens with zero attached hydrogens (tertiary/aromatic N) is 4. The molecule has 1 N–H and O–H groups in total. The van der Waals surface area contributed by atoms with Crippen molar-refractivity contribution >= 4 is 17.5 Å². The molecule has 10 nitrogen and oxygen atoms in total. The Labute approximate surface area is 182 Å². The van der Waals surface area contributed by atoms with Crippen molar-refractivity contribution in [3.05, 3.63) is 99.8 Å². The summed E-state index contributed by atoms with van der Waals surface area (Å²) >= 11 is 0. The van der Waals surface area contributed by atoms with Crippen LogP contribution in [0.3, 0.4) is 0 Å². The van der Waals surface area contributed by atoms with E-state index >= 15 is 0 Å². The van der Waals surface area contributed by atoms with Crippen molar-refractivity contribution < 1.29 is 18.9 Å². The minimum absolute atomic E-state index is 0.0430. The number of anilines is 1. The van der Waals surface area contributed by atoms with Crippen LogP contribution in [0, 0.1) is 17.0 Å². The highest BCUT2D eigenvalue weighted by Crippen LogP contribution is 2.28. The number of benzene rings is 2. The van der Waals surface area contributed by atoms with Gasteiger partial charge in [-0.2, -0.15) is 0 Å². The number of furan rings is 1. The summed E-state index contributed by atoms with van der Waals surface area (Å²) < 4.78 is 12.6. The molecular formula is C22H19N5O5.